The van der Waals surface area contributed by atoms with Gasteiger partial charge < -0.3 is 4.40 Å². The zero-order chi connectivity index (χ0) is 14.2. The molecule has 1 atom stereocenters. The van der Waals surface area contributed by atoms with E-state index in [9.17, 15) is 4.21 Å². The molecule has 2 aromatic rings. The number of pyridine rings is 1. The minimum absolute atomic E-state index is 0.375. The molecule has 102 valence electrons. The lowest BCUT2D eigenvalue weighted by atomic mass is 10.3. The Hall–Kier alpha value is -0.720. The van der Waals surface area contributed by atoms with E-state index in [4.69, 9.17) is 11.6 Å². The second kappa shape index (κ2) is 5.34. The summed E-state index contributed by atoms with van der Waals surface area (Å²) < 4.78 is 18.1. The Morgan fingerprint density at radius 1 is 1.47 bits per heavy atom. The molecule has 0 bridgehead atoms. The van der Waals surface area contributed by atoms with E-state index < -0.39 is 11.0 Å². The van der Waals surface area contributed by atoms with Crippen LogP contribution < -0.4 is 0 Å². The molecule has 4 nitrogen and oxygen atoms in total. The Kier molecular flexibility index (Phi) is 4.13. The van der Waals surface area contributed by atoms with Crippen LogP contribution in [0.1, 0.15) is 26.5 Å². The van der Waals surface area contributed by atoms with Gasteiger partial charge in [0.15, 0.2) is 5.65 Å². The number of aromatic nitrogens is 2. The van der Waals surface area contributed by atoms with Crippen molar-refractivity contribution in [2.45, 2.75) is 25.5 Å². The molecule has 19 heavy (non-hydrogen) atoms. The van der Waals surface area contributed by atoms with Gasteiger partial charge in [-0.2, -0.15) is 4.40 Å². The van der Waals surface area contributed by atoms with Gasteiger partial charge in [-0.3, -0.25) is 0 Å². The summed E-state index contributed by atoms with van der Waals surface area (Å²) in [6, 6.07) is 1.78. The fraction of sp³-hybridized carbons (Fsp3) is 0.333. The van der Waals surface area contributed by atoms with Gasteiger partial charge in [-0.1, -0.05) is 11.6 Å². The quantitative estimate of drug-likeness (QED) is 0.766. The summed E-state index contributed by atoms with van der Waals surface area (Å²) in [6.45, 7) is 5.63. The minimum Gasteiger partial charge on any atom is -0.304 e. The highest BCUT2D eigenvalue weighted by Crippen LogP contribution is 2.22. The predicted octanol–water partition coefficient (Wildman–Crippen LogP) is 3.63. The van der Waals surface area contributed by atoms with E-state index in [1.807, 2.05) is 20.8 Å². The monoisotopic (exact) mass is 361 g/mol. The molecule has 2 rings (SSSR count). The van der Waals surface area contributed by atoms with Crippen molar-refractivity contribution in [3.63, 3.8) is 0 Å². The first-order chi connectivity index (χ1) is 8.77. The van der Waals surface area contributed by atoms with Crippen LogP contribution >= 0.6 is 27.5 Å². The highest BCUT2D eigenvalue weighted by molar-refractivity contribution is 9.10. The van der Waals surface area contributed by atoms with Crippen molar-refractivity contribution >= 4 is 50.4 Å². The molecule has 0 fully saturated rings. The molecular weight excluding hydrogens is 350 g/mol. The van der Waals surface area contributed by atoms with Crippen LogP contribution in [0.3, 0.4) is 0 Å². The normalized spacial score (nSPS) is 14.4. The molecule has 0 aliphatic rings. The average Bonchev–Trinajstić information content (AvgIpc) is 2.67. The largest absolute Gasteiger partial charge is 0.304 e. The van der Waals surface area contributed by atoms with Crippen molar-refractivity contribution < 1.29 is 4.21 Å². The summed E-state index contributed by atoms with van der Waals surface area (Å²) in [4.78, 5) is 4.38. The van der Waals surface area contributed by atoms with Crippen molar-refractivity contribution in [3.8, 4) is 0 Å². The van der Waals surface area contributed by atoms with Crippen LogP contribution in [0.15, 0.2) is 27.3 Å². The first-order valence-electron chi connectivity index (χ1n) is 5.57. The molecule has 1 unspecified atom stereocenters. The van der Waals surface area contributed by atoms with Gasteiger partial charge in [0.05, 0.1) is 20.5 Å². The van der Waals surface area contributed by atoms with Gasteiger partial charge in [0, 0.05) is 12.4 Å². The molecule has 2 heterocycles. The van der Waals surface area contributed by atoms with Crippen LogP contribution in [0.2, 0.25) is 5.02 Å². The average molecular weight is 363 g/mol. The Labute approximate surface area is 127 Å². The molecule has 0 saturated heterocycles. The highest BCUT2D eigenvalue weighted by atomic mass is 79.9. The van der Waals surface area contributed by atoms with Gasteiger partial charge in [0.2, 0.25) is 0 Å². The number of nitrogens with zero attached hydrogens (tertiary/aromatic N) is 3. The Bertz CT molecular complexity index is 675. The first-order valence-corrected chi connectivity index (χ1v) is 7.85. The van der Waals surface area contributed by atoms with Gasteiger partial charge in [0.1, 0.15) is 16.7 Å². The van der Waals surface area contributed by atoms with Crippen molar-refractivity contribution in [1.29, 1.82) is 0 Å². The van der Waals surface area contributed by atoms with Crippen LogP contribution in [-0.4, -0.2) is 24.6 Å². The predicted molar refractivity (Wildman–Crippen MR) is 83.4 cm³/mol. The molecule has 0 N–H and O–H groups in total. The highest BCUT2D eigenvalue weighted by Gasteiger charge is 2.18. The van der Waals surface area contributed by atoms with Gasteiger partial charge in [-0.05, 0) is 42.8 Å². The lowest BCUT2D eigenvalue weighted by Gasteiger charge is -2.12. The van der Waals surface area contributed by atoms with Crippen LogP contribution in [0, 0.1) is 0 Å². The fourth-order valence-electron chi connectivity index (χ4n) is 1.37. The third-order valence-corrected chi connectivity index (χ3v) is 4.43. The van der Waals surface area contributed by atoms with Gasteiger partial charge in [-0.25, -0.2) is 9.19 Å². The Balaban J connectivity index is 2.35. The van der Waals surface area contributed by atoms with Gasteiger partial charge >= 0.3 is 0 Å². The Morgan fingerprint density at radius 3 is 2.79 bits per heavy atom. The van der Waals surface area contributed by atoms with Crippen molar-refractivity contribution in [1.82, 2.24) is 9.38 Å². The lowest BCUT2D eigenvalue weighted by molar-refractivity contribution is 0.651. The van der Waals surface area contributed by atoms with Crippen LogP contribution in [0.25, 0.3) is 5.65 Å². The number of halogens is 2. The summed E-state index contributed by atoms with van der Waals surface area (Å²) in [5, 5.41) is 0.610. The van der Waals surface area contributed by atoms with Crippen LogP contribution in [-0.2, 0) is 11.0 Å². The van der Waals surface area contributed by atoms with Crippen molar-refractivity contribution in [2.75, 3.05) is 0 Å². The molecule has 0 aliphatic heterocycles. The van der Waals surface area contributed by atoms with Crippen LogP contribution in [0.5, 0.6) is 0 Å². The minimum atomic E-state index is -1.29. The lowest BCUT2D eigenvalue weighted by Crippen LogP contribution is -2.19. The second-order valence-electron chi connectivity index (χ2n) is 5.00. The summed E-state index contributed by atoms with van der Waals surface area (Å²) in [6.07, 6.45) is 5.07. The van der Waals surface area contributed by atoms with Gasteiger partial charge in [0.25, 0.3) is 0 Å². The maximum absolute atomic E-state index is 11.8. The molecule has 7 heteroatoms. The van der Waals surface area contributed by atoms with Crippen LogP contribution in [0.4, 0.5) is 0 Å². The van der Waals surface area contributed by atoms with Crippen molar-refractivity contribution in [3.05, 3.63) is 33.6 Å². The topological polar surface area (TPSA) is 46.7 Å². The summed E-state index contributed by atoms with van der Waals surface area (Å²) in [5.74, 6) is 0. The molecular formula is C12H13BrClN3OS. The van der Waals surface area contributed by atoms with E-state index in [-0.39, 0.29) is 4.75 Å². The number of fused-ring (bicyclic) bond motifs is 1. The summed E-state index contributed by atoms with van der Waals surface area (Å²) in [5.41, 5.74) is 1.38. The number of rotatable bonds is 2. The molecule has 0 saturated carbocycles. The Morgan fingerprint density at radius 2 is 2.16 bits per heavy atom. The zero-order valence-electron chi connectivity index (χ0n) is 10.7. The molecule has 0 spiro atoms. The zero-order valence-corrected chi connectivity index (χ0v) is 13.9. The fourth-order valence-corrected chi connectivity index (χ4v) is 2.77. The third-order valence-electron chi connectivity index (χ3n) is 2.30. The van der Waals surface area contributed by atoms with E-state index in [1.54, 1.807) is 22.9 Å². The summed E-state index contributed by atoms with van der Waals surface area (Å²) >= 11 is 9.36. The molecule has 0 radical (unpaired) electrons. The maximum atomic E-state index is 11.8. The van der Waals surface area contributed by atoms with E-state index in [2.05, 4.69) is 25.3 Å². The third kappa shape index (κ3) is 3.43. The van der Waals surface area contributed by atoms with Crippen molar-refractivity contribution in [2.24, 2.45) is 4.40 Å². The number of hydrogen-bond donors (Lipinski definition) is 0. The van der Waals surface area contributed by atoms with E-state index in [1.165, 1.54) is 6.21 Å². The standard InChI is InChI=1S/C12H13BrClN3OS/c1-12(2,3)19(18)15-5-9-7-17-6-8(14)4-10(13)11(17)16-9/h4-7H,1-3H3/b15-5+. The van der Waals surface area contributed by atoms with Gasteiger partial charge in [-0.15, -0.1) is 0 Å². The molecule has 0 aliphatic carbocycles. The first kappa shape index (κ1) is 14.7. The summed E-state index contributed by atoms with van der Waals surface area (Å²) in [7, 11) is -1.29. The molecule has 0 amide bonds. The smallest absolute Gasteiger partial charge is 0.151 e. The van der Waals surface area contributed by atoms with E-state index in [0.29, 0.717) is 10.7 Å². The second-order valence-corrected chi connectivity index (χ2v) is 8.22. The number of hydrogen-bond acceptors (Lipinski definition) is 2. The van der Waals surface area contributed by atoms with E-state index in [0.717, 1.165) is 10.1 Å². The SMILES string of the molecule is CC(C)(C)S(=O)/N=C/c1cn2cc(Cl)cc(Br)c2n1. The maximum Gasteiger partial charge on any atom is 0.151 e. The molecule has 0 aromatic carbocycles. The van der Waals surface area contributed by atoms with E-state index >= 15 is 0 Å². The number of imidazole rings is 1. The molecule has 2 aromatic heterocycles.